The molecular formula is C33H28F3N3O4S. The summed E-state index contributed by atoms with van der Waals surface area (Å²) in [6.07, 6.45) is -3.10. The van der Waals surface area contributed by atoms with Crippen LogP contribution in [0, 0.1) is 0 Å². The fourth-order valence-corrected chi connectivity index (χ4v) is 4.94. The third-order valence-electron chi connectivity index (χ3n) is 6.20. The van der Waals surface area contributed by atoms with E-state index in [1.165, 1.54) is 31.4 Å². The highest BCUT2D eigenvalue weighted by molar-refractivity contribution is 8.00. The first-order valence-corrected chi connectivity index (χ1v) is 14.2. The minimum Gasteiger partial charge on any atom is -0.497 e. The number of halogens is 3. The largest absolute Gasteiger partial charge is 0.497 e. The van der Waals surface area contributed by atoms with Gasteiger partial charge in [0.2, 0.25) is 5.91 Å². The van der Waals surface area contributed by atoms with Gasteiger partial charge in [-0.05, 0) is 73.2 Å². The molecule has 0 saturated carbocycles. The van der Waals surface area contributed by atoms with Crippen molar-refractivity contribution in [1.82, 2.24) is 5.32 Å². The molecule has 4 aromatic rings. The van der Waals surface area contributed by atoms with Crippen LogP contribution in [0.25, 0.3) is 6.08 Å². The minimum atomic E-state index is -4.62. The summed E-state index contributed by atoms with van der Waals surface area (Å²) in [4.78, 5) is 39.7. The van der Waals surface area contributed by atoms with Crippen LogP contribution in [0.3, 0.4) is 0 Å². The lowest BCUT2D eigenvalue weighted by Crippen LogP contribution is -2.30. The van der Waals surface area contributed by atoms with Crippen molar-refractivity contribution in [2.45, 2.75) is 23.2 Å². The second-order valence-corrected chi connectivity index (χ2v) is 10.8. The number of thioether (sulfide) groups is 1. The van der Waals surface area contributed by atoms with Crippen LogP contribution in [-0.2, 0) is 15.8 Å². The highest BCUT2D eigenvalue weighted by atomic mass is 32.2. The summed E-state index contributed by atoms with van der Waals surface area (Å²) in [6.45, 7) is 1.57. The van der Waals surface area contributed by atoms with Gasteiger partial charge in [-0.25, -0.2) is 0 Å². The third kappa shape index (κ3) is 8.74. The van der Waals surface area contributed by atoms with Crippen LogP contribution in [0.4, 0.5) is 24.5 Å². The molecule has 0 aliphatic heterocycles. The van der Waals surface area contributed by atoms with E-state index in [1.54, 1.807) is 85.8 Å². The summed E-state index contributed by atoms with van der Waals surface area (Å²) in [6, 6.07) is 26.8. The van der Waals surface area contributed by atoms with Gasteiger partial charge in [-0.2, -0.15) is 13.2 Å². The summed E-state index contributed by atoms with van der Waals surface area (Å²) in [5.74, 6) is -1.13. The minimum absolute atomic E-state index is 0.0266. The molecule has 0 heterocycles. The Labute approximate surface area is 256 Å². The van der Waals surface area contributed by atoms with E-state index in [0.717, 1.165) is 17.8 Å². The number of benzene rings is 4. The Balaban J connectivity index is 1.50. The van der Waals surface area contributed by atoms with Gasteiger partial charge in [0.25, 0.3) is 11.8 Å². The first-order valence-electron chi connectivity index (χ1n) is 13.3. The molecule has 11 heteroatoms. The number of rotatable bonds is 10. The van der Waals surface area contributed by atoms with E-state index in [0.29, 0.717) is 27.5 Å². The van der Waals surface area contributed by atoms with Crippen molar-refractivity contribution in [3.8, 4) is 5.75 Å². The fourth-order valence-electron chi connectivity index (χ4n) is 4.02. The molecule has 3 amide bonds. The van der Waals surface area contributed by atoms with Gasteiger partial charge in [-0.1, -0.05) is 48.5 Å². The average Bonchev–Trinajstić information content (AvgIpc) is 3.01. The number of nitrogens with one attached hydrogen (secondary N) is 3. The van der Waals surface area contributed by atoms with Gasteiger partial charge in [0.1, 0.15) is 11.4 Å². The summed E-state index contributed by atoms with van der Waals surface area (Å²) in [7, 11) is 1.52. The number of methoxy groups -OCH3 is 1. The Bertz CT molecular complexity index is 1680. The number of carbonyl (C=O) groups is 3. The van der Waals surface area contributed by atoms with Crippen molar-refractivity contribution in [2.24, 2.45) is 0 Å². The van der Waals surface area contributed by atoms with Crippen LogP contribution in [0.5, 0.6) is 5.75 Å². The SMILES string of the molecule is COc1cccc(/C=C(\NC(=O)c2ccccc2)C(=O)Nc2cccc(SC(C)C(=O)Nc3ccccc3C(F)(F)F)c2)c1. The molecule has 0 radical (unpaired) electrons. The smallest absolute Gasteiger partial charge is 0.418 e. The summed E-state index contributed by atoms with van der Waals surface area (Å²) >= 11 is 1.11. The van der Waals surface area contributed by atoms with Gasteiger partial charge >= 0.3 is 6.18 Å². The van der Waals surface area contributed by atoms with Gasteiger partial charge in [0, 0.05) is 16.1 Å². The normalized spacial score (nSPS) is 12.2. The molecule has 0 aliphatic carbocycles. The molecule has 4 aromatic carbocycles. The number of amides is 3. The Morgan fingerprint density at radius 1 is 0.841 bits per heavy atom. The lowest BCUT2D eigenvalue weighted by molar-refractivity contribution is -0.137. The number of carbonyl (C=O) groups excluding carboxylic acids is 3. The van der Waals surface area contributed by atoms with Crippen LogP contribution in [0.15, 0.2) is 114 Å². The van der Waals surface area contributed by atoms with Crippen LogP contribution in [0.1, 0.15) is 28.4 Å². The zero-order valence-corrected chi connectivity index (χ0v) is 24.5. The number of hydrogen-bond acceptors (Lipinski definition) is 5. The van der Waals surface area contributed by atoms with E-state index < -0.39 is 34.7 Å². The van der Waals surface area contributed by atoms with Crippen LogP contribution in [0.2, 0.25) is 0 Å². The molecule has 4 rings (SSSR count). The van der Waals surface area contributed by atoms with Gasteiger partial charge < -0.3 is 20.7 Å². The van der Waals surface area contributed by atoms with E-state index in [1.807, 2.05) is 0 Å². The molecule has 7 nitrogen and oxygen atoms in total. The van der Waals surface area contributed by atoms with Gasteiger partial charge in [0.05, 0.1) is 23.6 Å². The van der Waals surface area contributed by atoms with E-state index in [4.69, 9.17) is 4.74 Å². The van der Waals surface area contributed by atoms with E-state index in [2.05, 4.69) is 16.0 Å². The highest BCUT2D eigenvalue weighted by Gasteiger charge is 2.34. The molecule has 1 unspecified atom stereocenters. The first kappa shape index (κ1) is 31.9. The first-order chi connectivity index (χ1) is 21.0. The Morgan fingerprint density at radius 3 is 2.27 bits per heavy atom. The van der Waals surface area contributed by atoms with E-state index in [9.17, 15) is 27.6 Å². The standard InChI is InChI=1S/C33H28F3N3O4S/c1-21(30(40)38-28-17-7-6-16-27(28)33(34,35)36)44-26-15-9-13-24(20-26)37-32(42)29(19-22-10-8-14-25(18-22)43-2)39-31(41)23-11-4-3-5-12-23/h3-21H,1-2H3,(H,37,42)(H,38,40)(H,39,41)/b29-19-. The second kappa shape index (κ2) is 14.4. The van der Waals surface area contributed by atoms with Gasteiger partial charge in [0.15, 0.2) is 0 Å². The van der Waals surface area contributed by atoms with Crippen LogP contribution in [-0.4, -0.2) is 30.1 Å². The van der Waals surface area contributed by atoms with Crippen molar-refractivity contribution in [3.63, 3.8) is 0 Å². The van der Waals surface area contributed by atoms with Gasteiger partial charge in [-0.3, -0.25) is 14.4 Å². The average molecular weight is 620 g/mol. The number of alkyl halides is 3. The maximum absolute atomic E-state index is 13.4. The molecule has 0 saturated heterocycles. The number of para-hydroxylation sites is 1. The number of ether oxygens (including phenoxy) is 1. The fraction of sp³-hybridized carbons (Fsp3) is 0.121. The van der Waals surface area contributed by atoms with Crippen molar-refractivity contribution in [2.75, 3.05) is 17.7 Å². The van der Waals surface area contributed by atoms with Gasteiger partial charge in [-0.15, -0.1) is 11.8 Å². The molecule has 0 fully saturated rings. The van der Waals surface area contributed by atoms with Crippen molar-refractivity contribution in [3.05, 3.63) is 126 Å². The lowest BCUT2D eigenvalue weighted by atomic mass is 10.1. The monoisotopic (exact) mass is 619 g/mol. The molecule has 1 atom stereocenters. The Hall–Kier alpha value is -5.03. The van der Waals surface area contributed by atoms with Crippen LogP contribution >= 0.6 is 11.8 Å². The highest BCUT2D eigenvalue weighted by Crippen LogP contribution is 2.35. The zero-order chi connectivity index (χ0) is 31.7. The lowest BCUT2D eigenvalue weighted by Gasteiger charge is -2.16. The number of hydrogen-bond donors (Lipinski definition) is 3. The Morgan fingerprint density at radius 2 is 1.55 bits per heavy atom. The maximum atomic E-state index is 13.4. The zero-order valence-electron chi connectivity index (χ0n) is 23.6. The third-order valence-corrected chi connectivity index (χ3v) is 7.29. The quantitative estimate of drug-likeness (QED) is 0.128. The second-order valence-electron chi connectivity index (χ2n) is 9.43. The topological polar surface area (TPSA) is 96.5 Å². The van der Waals surface area contributed by atoms with E-state index in [-0.39, 0.29) is 11.4 Å². The molecule has 44 heavy (non-hydrogen) atoms. The molecule has 0 spiro atoms. The molecular weight excluding hydrogens is 591 g/mol. The van der Waals surface area contributed by atoms with Crippen molar-refractivity contribution < 1.29 is 32.3 Å². The summed E-state index contributed by atoms with van der Waals surface area (Å²) in [5, 5.41) is 7.02. The van der Waals surface area contributed by atoms with Crippen LogP contribution < -0.4 is 20.7 Å². The van der Waals surface area contributed by atoms with E-state index >= 15 is 0 Å². The molecule has 0 bridgehead atoms. The molecule has 226 valence electrons. The van der Waals surface area contributed by atoms with Crippen molar-refractivity contribution >= 4 is 46.9 Å². The summed E-state index contributed by atoms with van der Waals surface area (Å²) in [5.41, 5.74) is 0.0556. The maximum Gasteiger partial charge on any atom is 0.418 e. The predicted molar refractivity (Wildman–Crippen MR) is 165 cm³/mol. The predicted octanol–water partition coefficient (Wildman–Crippen LogP) is 7.24. The van der Waals surface area contributed by atoms with Crippen molar-refractivity contribution in [1.29, 1.82) is 0 Å². The Kier molecular flexibility index (Phi) is 10.5. The molecule has 0 aromatic heterocycles. The summed E-state index contributed by atoms with van der Waals surface area (Å²) < 4.78 is 45.3. The molecule has 3 N–H and O–H groups in total. The molecule has 0 aliphatic rings. The number of anilines is 2.